The van der Waals surface area contributed by atoms with Crippen molar-refractivity contribution >= 4 is 22.8 Å². The summed E-state index contributed by atoms with van der Waals surface area (Å²) in [7, 11) is 0. The number of ether oxygens (including phenoxy) is 1. The van der Waals surface area contributed by atoms with Gasteiger partial charge in [0.2, 0.25) is 0 Å². The zero-order valence-corrected chi connectivity index (χ0v) is 21.6. The van der Waals surface area contributed by atoms with Crippen molar-refractivity contribution in [3.63, 3.8) is 0 Å². The summed E-state index contributed by atoms with van der Waals surface area (Å²) >= 11 is 0. The molecule has 36 heavy (non-hydrogen) atoms. The summed E-state index contributed by atoms with van der Waals surface area (Å²) in [6.45, 7) is 10.2. The summed E-state index contributed by atoms with van der Waals surface area (Å²) in [6, 6.07) is 18.2. The fourth-order valence-electron chi connectivity index (χ4n) is 4.46. The van der Waals surface area contributed by atoms with Crippen LogP contribution in [-0.2, 0) is 17.8 Å². The molecule has 1 aliphatic rings. The third kappa shape index (κ3) is 5.99. The van der Waals surface area contributed by atoms with E-state index in [-0.39, 0.29) is 6.04 Å². The topological polar surface area (TPSA) is 91.1 Å². The fourth-order valence-corrected chi connectivity index (χ4v) is 4.46. The van der Waals surface area contributed by atoms with Crippen LogP contribution < -0.4 is 10.6 Å². The molecule has 2 aromatic carbocycles. The summed E-state index contributed by atoms with van der Waals surface area (Å²) in [4.78, 5) is 14.1. The number of para-hydroxylation sites is 1. The van der Waals surface area contributed by atoms with Crippen LogP contribution in [0.4, 0.5) is 4.79 Å². The van der Waals surface area contributed by atoms with Gasteiger partial charge in [0.15, 0.2) is 0 Å². The van der Waals surface area contributed by atoms with E-state index >= 15 is 0 Å². The largest absolute Gasteiger partial charge is 0.505 e. The zero-order valence-electron chi connectivity index (χ0n) is 21.6. The Morgan fingerprint density at radius 3 is 2.56 bits per heavy atom. The van der Waals surface area contributed by atoms with Crippen molar-refractivity contribution in [2.24, 2.45) is 5.10 Å². The minimum absolute atomic E-state index is 0.0201. The molecule has 1 unspecified atom stereocenters. The fraction of sp³-hybridized carbons (Fsp3) is 0.429. The lowest BCUT2D eigenvalue weighted by Crippen LogP contribution is -2.48. The van der Waals surface area contributed by atoms with E-state index in [0.29, 0.717) is 25.4 Å². The van der Waals surface area contributed by atoms with Crippen molar-refractivity contribution < 1.29 is 14.6 Å². The van der Waals surface area contributed by atoms with E-state index in [1.807, 2.05) is 67.9 Å². The van der Waals surface area contributed by atoms with Crippen LogP contribution in [-0.4, -0.2) is 51.3 Å². The maximum absolute atomic E-state index is 11.9. The normalized spacial score (nSPS) is 14.3. The maximum atomic E-state index is 11.9. The molecule has 8 nitrogen and oxygen atoms in total. The first kappa shape index (κ1) is 25.6. The van der Waals surface area contributed by atoms with Crippen LogP contribution in [0.15, 0.2) is 59.7 Å². The van der Waals surface area contributed by atoms with Crippen molar-refractivity contribution in [1.82, 2.24) is 20.2 Å². The number of carbonyl (C=O) groups is 1. The summed E-state index contributed by atoms with van der Waals surface area (Å²) < 4.78 is 7.19. The molecule has 0 spiro atoms. The molecule has 8 heteroatoms. The Kier molecular flexibility index (Phi) is 7.84. The van der Waals surface area contributed by atoms with Crippen LogP contribution in [0.5, 0.6) is 5.75 Å². The Balaban J connectivity index is 1.50. The van der Waals surface area contributed by atoms with Gasteiger partial charge < -0.3 is 25.4 Å². The number of nitrogens with zero attached hydrogens (tertiary/aromatic N) is 3. The summed E-state index contributed by atoms with van der Waals surface area (Å²) in [5, 5.41) is 23.2. The Labute approximate surface area is 212 Å². The second kappa shape index (κ2) is 11.0. The molecule has 1 amide bonds. The van der Waals surface area contributed by atoms with Gasteiger partial charge in [0.05, 0.1) is 18.1 Å². The van der Waals surface area contributed by atoms with E-state index in [9.17, 15) is 9.90 Å². The molecule has 0 bridgehead atoms. The van der Waals surface area contributed by atoms with Crippen LogP contribution in [0.3, 0.4) is 0 Å². The van der Waals surface area contributed by atoms with Gasteiger partial charge in [0.1, 0.15) is 22.9 Å². The van der Waals surface area contributed by atoms with E-state index in [2.05, 4.69) is 34.6 Å². The number of hydrogen-bond acceptors (Lipinski definition) is 6. The number of amides is 1. The standard InChI is InChI=1S/C28H37N5O3/c1-5-22(29-16-11-17-30-27(35)36-28(2,3)4)26-31-33-23-15-10-9-14-21(23)25(34)24(33)19-32(26)18-20-12-7-6-8-13-20/h6-10,12-15,22,29,34H,5,11,16-19H2,1-4H3,(H,30,35). The monoisotopic (exact) mass is 491 g/mol. The van der Waals surface area contributed by atoms with Gasteiger partial charge in [0.25, 0.3) is 0 Å². The van der Waals surface area contributed by atoms with Crippen LogP contribution in [0.2, 0.25) is 0 Å². The molecular formula is C28H37N5O3. The van der Waals surface area contributed by atoms with Crippen molar-refractivity contribution in [2.75, 3.05) is 13.1 Å². The Morgan fingerprint density at radius 1 is 1.11 bits per heavy atom. The number of benzene rings is 2. The lowest BCUT2D eigenvalue weighted by molar-refractivity contribution is 0.0527. The van der Waals surface area contributed by atoms with Gasteiger partial charge in [-0.1, -0.05) is 49.4 Å². The van der Waals surface area contributed by atoms with Crippen molar-refractivity contribution in [3.05, 3.63) is 65.9 Å². The van der Waals surface area contributed by atoms with E-state index in [1.54, 1.807) is 0 Å². The summed E-state index contributed by atoms with van der Waals surface area (Å²) in [5.74, 6) is 1.23. The van der Waals surface area contributed by atoms with Crippen LogP contribution in [0, 0.1) is 0 Å². The number of carbonyl (C=O) groups excluding carboxylic acids is 1. The lowest BCUT2D eigenvalue weighted by Gasteiger charge is -2.34. The number of nitrogens with one attached hydrogen (secondary N) is 2. The highest BCUT2D eigenvalue weighted by Crippen LogP contribution is 2.35. The molecule has 1 atom stereocenters. The molecular weight excluding hydrogens is 454 g/mol. The number of aromatic nitrogens is 1. The molecule has 192 valence electrons. The SMILES string of the molecule is CCC(NCCCNC(=O)OC(C)(C)C)C1=Nn2c(c(O)c3ccccc32)CN1Cc1ccccc1. The van der Waals surface area contributed by atoms with Gasteiger partial charge in [-0.3, -0.25) is 0 Å². The minimum Gasteiger partial charge on any atom is -0.505 e. The number of fused-ring (bicyclic) bond motifs is 3. The summed E-state index contributed by atoms with van der Waals surface area (Å²) in [6.07, 6.45) is 1.22. The predicted octanol–water partition coefficient (Wildman–Crippen LogP) is 4.81. The average molecular weight is 492 g/mol. The molecule has 3 aromatic rings. The lowest BCUT2D eigenvalue weighted by atomic mass is 10.1. The van der Waals surface area contributed by atoms with Gasteiger partial charge in [-0.25, -0.2) is 9.47 Å². The van der Waals surface area contributed by atoms with E-state index in [1.165, 1.54) is 5.56 Å². The summed E-state index contributed by atoms with van der Waals surface area (Å²) in [5.41, 5.74) is 2.38. The van der Waals surface area contributed by atoms with Gasteiger partial charge in [0, 0.05) is 18.5 Å². The number of amidine groups is 1. The molecule has 1 aromatic heterocycles. The first-order valence-electron chi connectivity index (χ1n) is 12.7. The van der Waals surface area contributed by atoms with Gasteiger partial charge in [-0.05, 0) is 57.9 Å². The number of hydrogen-bond donors (Lipinski definition) is 3. The molecule has 0 saturated heterocycles. The third-order valence-electron chi connectivity index (χ3n) is 6.13. The molecule has 3 N–H and O–H groups in total. The van der Waals surface area contributed by atoms with Crippen LogP contribution >= 0.6 is 0 Å². The van der Waals surface area contributed by atoms with Crippen molar-refractivity contribution in [3.8, 4) is 5.75 Å². The number of rotatable bonds is 9. The van der Waals surface area contributed by atoms with E-state index in [0.717, 1.165) is 41.8 Å². The Bertz CT molecular complexity index is 1210. The Hall–Kier alpha value is -3.52. The molecule has 0 aliphatic carbocycles. The van der Waals surface area contributed by atoms with Gasteiger partial charge >= 0.3 is 6.09 Å². The van der Waals surface area contributed by atoms with E-state index in [4.69, 9.17) is 9.84 Å². The zero-order chi connectivity index (χ0) is 25.7. The highest BCUT2D eigenvalue weighted by molar-refractivity contribution is 5.93. The third-order valence-corrected chi connectivity index (χ3v) is 6.13. The number of aromatic hydroxyl groups is 1. The van der Waals surface area contributed by atoms with E-state index < -0.39 is 11.7 Å². The quantitative estimate of drug-likeness (QED) is 0.374. The number of alkyl carbamates (subject to hydrolysis) is 1. The Morgan fingerprint density at radius 2 is 1.83 bits per heavy atom. The second-order valence-corrected chi connectivity index (χ2v) is 10.1. The molecule has 0 fully saturated rings. The average Bonchev–Trinajstić information content (AvgIpc) is 3.12. The van der Waals surface area contributed by atoms with Crippen LogP contribution in [0.25, 0.3) is 10.9 Å². The smallest absolute Gasteiger partial charge is 0.407 e. The minimum atomic E-state index is -0.507. The molecule has 1 aliphatic heterocycles. The van der Waals surface area contributed by atoms with Crippen LogP contribution in [0.1, 0.15) is 51.8 Å². The molecule has 4 rings (SSSR count). The molecule has 2 heterocycles. The first-order valence-corrected chi connectivity index (χ1v) is 12.7. The highest BCUT2D eigenvalue weighted by Gasteiger charge is 2.29. The molecule has 0 radical (unpaired) electrons. The maximum Gasteiger partial charge on any atom is 0.407 e. The van der Waals surface area contributed by atoms with Crippen molar-refractivity contribution in [1.29, 1.82) is 0 Å². The van der Waals surface area contributed by atoms with Crippen molar-refractivity contribution in [2.45, 2.75) is 65.3 Å². The highest BCUT2D eigenvalue weighted by atomic mass is 16.6. The van der Waals surface area contributed by atoms with Gasteiger partial charge in [-0.2, -0.15) is 5.10 Å². The molecule has 0 saturated carbocycles. The predicted molar refractivity (Wildman–Crippen MR) is 143 cm³/mol. The first-order chi connectivity index (χ1) is 17.3. The second-order valence-electron chi connectivity index (χ2n) is 10.1. The van der Waals surface area contributed by atoms with Gasteiger partial charge in [-0.15, -0.1) is 0 Å².